The maximum atomic E-state index is 2.48. The molecule has 27 heavy (non-hydrogen) atoms. The number of hydrogen-bond donors (Lipinski definition) is 0. The molecule has 0 spiro atoms. The van der Waals surface area contributed by atoms with Gasteiger partial charge in [0.25, 0.3) is 0 Å². The van der Waals surface area contributed by atoms with Gasteiger partial charge < -0.3 is 0 Å². The van der Waals surface area contributed by atoms with Gasteiger partial charge in [-0.3, -0.25) is 0 Å². The molecule has 0 nitrogen and oxygen atoms in total. The fourth-order valence-corrected chi connectivity index (χ4v) is 10.4. The van der Waals surface area contributed by atoms with Crippen LogP contribution in [0.2, 0.25) is 0 Å². The number of allylic oxidation sites excluding steroid dienone is 2. The quantitative estimate of drug-likeness (QED) is 0.414. The van der Waals surface area contributed by atoms with E-state index in [4.69, 9.17) is 0 Å². The second kappa shape index (κ2) is 7.46. The van der Waals surface area contributed by atoms with Crippen LogP contribution in [-0.4, -0.2) is 0 Å². The van der Waals surface area contributed by atoms with Crippen molar-refractivity contribution >= 4 is 25.3 Å². The van der Waals surface area contributed by atoms with Gasteiger partial charge in [-0.15, -0.1) is 0 Å². The van der Waals surface area contributed by atoms with Gasteiger partial charge in [0.2, 0.25) is 0 Å². The van der Waals surface area contributed by atoms with E-state index in [0.717, 1.165) is 8.58 Å². The van der Waals surface area contributed by atoms with Crippen LogP contribution in [-0.2, 0) is 23.2 Å². The molecule has 3 aromatic rings. The molecular formula is C25H21PZr. The van der Waals surface area contributed by atoms with Crippen molar-refractivity contribution in [1.82, 2.24) is 0 Å². The minimum absolute atomic E-state index is 0.691. The van der Waals surface area contributed by atoms with E-state index in [1.807, 2.05) is 0 Å². The zero-order valence-electron chi connectivity index (χ0n) is 15.3. The fraction of sp³-hybridized carbons (Fsp3) is 0.120. The topological polar surface area (TPSA) is 0 Å². The molecule has 0 saturated heterocycles. The first-order valence-electron chi connectivity index (χ1n) is 9.46. The zero-order valence-corrected chi connectivity index (χ0v) is 18.8. The van der Waals surface area contributed by atoms with Crippen molar-refractivity contribution in [2.45, 2.75) is 14.2 Å². The average molecular weight is 444 g/mol. The molecule has 0 saturated carbocycles. The predicted octanol–water partition coefficient (Wildman–Crippen LogP) is 6.33. The Kier molecular flexibility index (Phi) is 4.85. The third-order valence-electron chi connectivity index (χ3n) is 5.56. The fourth-order valence-electron chi connectivity index (χ4n) is 4.19. The second-order valence-electron chi connectivity index (χ2n) is 7.20. The van der Waals surface area contributed by atoms with Crippen LogP contribution in [0.25, 0.3) is 11.4 Å². The van der Waals surface area contributed by atoms with Crippen molar-refractivity contribution in [2.24, 2.45) is 0 Å². The summed E-state index contributed by atoms with van der Waals surface area (Å²) in [6.07, 6.45) is 4.82. The third-order valence-corrected chi connectivity index (χ3v) is 11.9. The molecule has 0 heterocycles. The van der Waals surface area contributed by atoms with E-state index in [1.54, 1.807) is 22.0 Å². The number of fused-ring (bicyclic) bond motifs is 2. The van der Waals surface area contributed by atoms with Gasteiger partial charge in [-0.25, -0.2) is 0 Å². The van der Waals surface area contributed by atoms with Crippen LogP contribution in [0, 0.1) is 0 Å². The summed E-state index contributed by atoms with van der Waals surface area (Å²) in [5.41, 5.74) is 7.75. The normalized spacial score (nSPS) is 20.3. The summed E-state index contributed by atoms with van der Waals surface area (Å²) in [6.45, 7) is 2.40. The van der Waals surface area contributed by atoms with Gasteiger partial charge in [0, 0.05) is 0 Å². The van der Waals surface area contributed by atoms with Crippen molar-refractivity contribution in [1.29, 1.82) is 0 Å². The van der Waals surface area contributed by atoms with Crippen molar-refractivity contribution in [3.8, 4) is 0 Å². The molecule has 5 rings (SSSR count). The van der Waals surface area contributed by atoms with Crippen LogP contribution in [0.1, 0.15) is 36.4 Å². The molecule has 2 heteroatoms. The maximum absolute atomic E-state index is 2.48. The first-order valence-corrected chi connectivity index (χ1v) is 13.3. The summed E-state index contributed by atoms with van der Waals surface area (Å²) in [5, 5.41) is 3.04. The Hall–Kier alpha value is -1.55. The minimum atomic E-state index is -0.704. The van der Waals surface area contributed by atoms with Crippen molar-refractivity contribution in [2.75, 3.05) is 0 Å². The summed E-state index contributed by atoms with van der Waals surface area (Å²) < 4.78 is 1.38. The van der Waals surface area contributed by atoms with Crippen LogP contribution >= 0.6 is 8.58 Å². The third kappa shape index (κ3) is 3.26. The molecule has 0 amide bonds. The van der Waals surface area contributed by atoms with Gasteiger partial charge in [0.1, 0.15) is 0 Å². The molecule has 3 unspecified atom stereocenters. The molecule has 0 aliphatic heterocycles. The second-order valence-corrected chi connectivity index (χ2v) is 12.3. The Balaban J connectivity index is 1.50. The van der Waals surface area contributed by atoms with Gasteiger partial charge in [-0.2, -0.15) is 0 Å². The average Bonchev–Trinajstić information content (AvgIpc) is 3.24. The number of hydrogen-bond acceptors (Lipinski definition) is 0. The summed E-state index contributed by atoms with van der Waals surface area (Å²) >= 11 is -0.704. The van der Waals surface area contributed by atoms with Gasteiger partial charge in [0.05, 0.1) is 0 Å². The van der Waals surface area contributed by atoms with Crippen LogP contribution in [0.5, 0.6) is 0 Å². The molecule has 0 bridgehead atoms. The van der Waals surface area contributed by atoms with Gasteiger partial charge in [-0.1, -0.05) is 0 Å². The standard InChI is InChI=1S/C16H14P.C9H7.Zr/c1-12-11-13-7-5-6-10-15(13)16(12)17-14-8-3-2-4-9-14;1-2-5-9-7-3-6-8(9)4-1;/h2-11,17H,1H3;1-7H;. The SMILES string of the molecule is CC1=C(Pc2ccccc2)c2ccccc2[CH]1[Zr][CH]1C=Cc2ccccc21. The van der Waals surface area contributed by atoms with E-state index in [-0.39, 0.29) is 0 Å². The summed E-state index contributed by atoms with van der Waals surface area (Å²) in [4.78, 5) is 0. The van der Waals surface area contributed by atoms with Gasteiger partial charge in [-0.05, 0) is 0 Å². The first kappa shape index (κ1) is 17.5. The first-order chi connectivity index (χ1) is 13.3. The summed E-state index contributed by atoms with van der Waals surface area (Å²) in [5.74, 6) is 0. The van der Waals surface area contributed by atoms with Gasteiger partial charge in [0.15, 0.2) is 0 Å². The molecule has 3 atom stereocenters. The molecule has 2 aliphatic carbocycles. The molecular weight excluding hydrogens is 422 g/mol. The molecule has 0 aromatic heterocycles. The zero-order chi connectivity index (χ0) is 18.2. The number of benzene rings is 3. The Morgan fingerprint density at radius 3 is 2.33 bits per heavy atom. The Morgan fingerprint density at radius 1 is 0.778 bits per heavy atom. The van der Waals surface area contributed by atoms with Crippen molar-refractivity contribution in [3.63, 3.8) is 0 Å². The molecule has 0 fully saturated rings. The molecule has 0 N–H and O–H groups in total. The Labute approximate surface area is 174 Å². The molecule has 130 valence electrons. The summed E-state index contributed by atoms with van der Waals surface area (Å²) in [7, 11) is 0.757. The van der Waals surface area contributed by atoms with E-state index in [0.29, 0.717) is 7.25 Å². The van der Waals surface area contributed by atoms with E-state index >= 15 is 0 Å². The Morgan fingerprint density at radius 2 is 1.48 bits per heavy atom. The van der Waals surface area contributed by atoms with Crippen LogP contribution < -0.4 is 5.30 Å². The van der Waals surface area contributed by atoms with E-state index in [9.17, 15) is 0 Å². The van der Waals surface area contributed by atoms with Crippen LogP contribution in [0.4, 0.5) is 0 Å². The van der Waals surface area contributed by atoms with Gasteiger partial charge >= 0.3 is 175 Å². The monoisotopic (exact) mass is 442 g/mol. The Bertz CT molecular complexity index is 1050. The van der Waals surface area contributed by atoms with Crippen LogP contribution in [0.15, 0.2) is 90.5 Å². The van der Waals surface area contributed by atoms with Crippen LogP contribution in [0.3, 0.4) is 0 Å². The molecule has 0 radical (unpaired) electrons. The van der Waals surface area contributed by atoms with E-state index in [1.165, 1.54) is 16.4 Å². The summed E-state index contributed by atoms with van der Waals surface area (Å²) in [6, 6.07) is 29.1. The van der Waals surface area contributed by atoms with E-state index < -0.39 is 23.2 Å². The van der Waals surface area contributed by atoms with E-state index in [2.05, 4.69) is 97.9 Å². The molecule has 2 aliphatic rings. The molecule has 3 aromatic carbocycles. The van der Waals surface area contributed by atoms with Crippen molar-refractivity contribution in [3.05, 3.63) is 113 Å². The number of rotatable bonds is 4. The van der Waals surface area contributed by atoms with Crippen molar-refractivity contribution < 1.29 is 23.2 Å². The predicted molar refractivity (Wildman–Crippen MR) is 114 cm³/mol.